The maximum absolute atomic E-state index is 13.1. The van der Waals surface area contributed by atoms with Gasteiger partial charge < -0.3 is 0 Å². The molecule has 7 nitrogen and oxygen atoms in total. The number of benzene rings is 2. The number of nitrogens with one attached hydrogen (secondary N) is 2. The smallest absolute Gasteiger partial charge is 0.267 e. The number of carbonyl (C=O) groups is 2. The number of carbonyl (C=O) groups excluding carboxylic acids is 2. The number of nitrogens with zero attached hydrogens (tertiary/aromatic N) is 1. The average Bonchev–Trinajstić information content (AvgIpc) is 3.21. The van der Waals surface area contributed by atoms with Crippen LogP contribution < -0.4 is 10.9 Å². The molecule has 9 heteroatoms. The van der Waals surface area contributed by atoms with E-state index < -0.39 is 27.7 Å². The summed E-state index contributed by atoms with van der Waals surface area (Å²) in [5.74, 6) is -1.86. The van der Waals surface area contributed by atoms with Crippen LogP contribution in [-0.4, -0.2) is 37.6 Å². The molecule has 1 fully saturated rings. The Hall–Kier alpha value is -2.78. The second kappa shape index (κ2) is 7.85. The van der Waals surface area contributed by atoms with Gasteiger partial charge in [0.2, 0.25) is 10.0 Å². The fourth-order valence-electron chi connectivity index (χ4n) is 2.74. The van der Waals surface area contributed by atoms with Crippen molar-refractivity contribution in [3.8, 4) is 0 Å². The first-order valence-corrected chi connectivity index (χ1v) is 9.78. The van der Waals surface area contributed by atoms with Crippen LogP contribution >= 0.6 is 0 Å². The molecule has 2 amide bonds. The van der Waals surface area contributed by atoms with E-state index in [-0.39, 0.29) is 16.0 Å². The molecule has 1 saturated heterocycles. The molecule has 0 bridgehead atoms. The van der Waals surface area contributed by atoms with Gasteiger partial charge in [-0.15, -0.1) is 0 Å². The number of amides is 2. The fraction of sp³-hybridized carbons (Fsp3) is 0.222. The lowest BCUT2D eigenvalue weighted by Gasteiger charge is -2.15. The molecule has 1 heterocycles. The minimum absolute atomic E-state index is 0.0577. The molecule has 27 heavy (non-hydrogen) atoms. The third-order valence-electron chi connectivity index (χ3n) is 4.20. The summed E-state index contributed by atoms with van der Waals surface area (Å²) in [6, 6.07) is 10.5. The number of rotatable bonds is 4. The normalized spacial score (nSPS) is 14.7. The zero-order valence-electron chi connectivity index (χ0n) is 14.3. The first-order chi connectivity index (χ1) is 12.9. The van der Waals surface area contributed by atoms with E-state index in [1.165, 1.54) is 46.8 Å². The van der Waals surface area contributed by atoms with Gasteiger partial charge in [-0.3, -0.25) is 20.4 Å². The van der Waals surface area contributed by atoms with Crippen LogP contribution in [0.2, 0.25) is 0 Å². The maximum Gasteiger partial charge on any atom is 0.269 e. The van der Waals surface area contributed by atoms with E-state index in [9.17, 15) is 22.4 Å². The van der Waals surface area contributed by atoms with Gasteiger partial charge in [0.25, 0.3) is 11.8 Å². The van der Waals surface area contributed by atoms with Gasteiger partial charge >= 0.3 is 0 Å². The third kappa shape index (κ3) is 4.32. The second-order valence-electron chi connectivity index (χ2n) is 6.05. The van der Waals surface area contributed by atoms with E-state index in [2.05, 4.69) is 10.9 Å². The summed E-state index contributed by atoms with van der Waals surface area (Å²) >= 11 is 0. The third-order valence-corrected chi connectivity index (χ3v) is 6.11. The van der Waals surface area contributed by atoms with Crippen LogP contribution in [0, 0.1) is 5.82 Å². The zero-order valence-corrected chi connectivity index (χ0v) is 15.1. The number of sulfonamides is 1. The molecule has 2 aromatic carbocycles. The minimum atomic E-state index is -3.55. The van der Waals surface area contributed by atoms with Gasteiger partial charge in [0.05, 0.1) is 4.90 Å². The van der Waals surface area contributed by atoms with E-state index in [0.717, 1.165) is 18.9 Å². The van der Waals surface area contributed by atoms with Crippen molar-refractivity contribution in [2.45, 2.75) is 17.7 Å². The fourth-order valence-corrected chi connectivity index (χ4v) is 4.26. The van der Waals surface area contributed by atoms with Crippen LogP contribution in [0.1, 0.15) is 33.6 Å². The zero-order chi connectivity index (χ0) is 19.4. The van der Waals surface area contributed by atoms with Crippen molar-refractivity contribution in [1.82, 2.24) is 15.2 Å². The van der Waals surface area contributed by atoms with Crippen LogP contribution in [-0.2, 0) is 10.0 Å². The van der Waals surface area contributed by atoms with Crippen molar-refractivity contribution in [3.63, 3.8) is 0 Å². The van der Waals surface area contributed by atoms with Crippen LogP contribution in [0.15, 0.2) is 53.4 Å². The highest BCUT2D eigenvalue weighted by atomic mass is 32.2. The standard InChI is InChI=1S/C18H18FN3O4S/c19-15-5-3-4-14(12-15)18(24)21-20-17(23)13-6-8-16(9-7-13)27(25,26)22-10-1-2-11-22/h3-9,12H,1-2,10-11H2,(H,20,23)(H,21,24). The summed E-state index contributed by atoms with van der Waals surface area (Å²) in [5.41, 5.74) is 4.63. The molecule has 0 unspecified atom stereocenters. The van der Waals surface area contributed by atoms with Crippen LogP contribution in [0.25, 0.3) is 0 Å². The molecule has 2 N–H and O–H groups in total. The lowest BCUT2D eigenvalue weighted by Crippen LogP contribution is -2.41. The lowest BCUT2D eigenvalue weighted by molar-refractivity contribution is 0.0846. The second-order valence-corrected chi connectivity index (χ2v) is 7.99. The Morgan fingerprint density at radius 2 is 1.48 bits per heavy atom. The van der Waals surface area contributed by atoms with E-state index in [4.69, 9.17) is 0 Å². The SMILES string of the molecule is O=C(NNC(=O)c1cccc(F)c1)c1ccc(S(=O)(=O)N2CCCC2)cc1. The molecule has 142 valence electrons. The Balaban J connectivity index is 1.63. The molecule has 0 saturated carbocycles. The van der Waals surface area contributed by atoms with Gasteiger partial charge in [0.15, 0.2) is 0 Å². The number of hydrogen-bond acceptors (Lipinski definition) is 4. The summed E-state index contributed by atoms with van der Waals surface area (Å²) in [6.45, 7) is 0.993. The monoisotopic (exact) mass is 391 g/mol. The predicted molar refractivity (Wildman–Crippen MR) is 95.8 cm³/mol. The van der Waals surface area contributed by atoms with E-state index in [0.29, 0.717) is 13.1 Å². The van der Waals surface area contributed by atoms with Crippen molar-refractivity contribution < 1.29 is 22.4 Å². The molecular formula is C18H18FN3O4S. The number of hydrazine groups is 1. The van der Waals surface area contributed by atoms with Crippen molar-refractivity contribution in [1.29, 1.82) is 0 Å². The number of halogens is 1. The minimum Gasteiger partial charge on any atom is -0.267 e. The summed E-state index contributed by atoms with van der Waals surface area (Å²) in [7, 11) is -3.55. The average molecular weight is 391 g/mol. The van der Waals surface area contributed by atoms with E-state index in [1.54, 1.807) is 0 Å². The molecule has 0 aromatic heterocycles. The molecular weight excluding hydrogens is 373 g/mol. The van der Waals surface area contributed by atoms with Gasteiger partial charge in [-0.05, 0) is 55.3 Å². The molecule has 3 rings (SSSR count). The number of hydrogen-bond donors (Lipinski definition) is 2. The first-order valence-electron chi connectivity index (χ1n) is 8.34. The largest absolute Gasteiger partial charge is 0.269 e. The highest BCUT2D eigenvalue weighted by Crippen LogP contribution is 2.21. The topological polar surface area (TPSA) is 95.6 Å². The van der Waals surface area contributed by atoms with Crippen molar-refractivity contribution in [3.05, 3.63) is 65.5 Å². The maximum atomic E-state index is 13.1. The highest BCUT2D eigenvalue weighted by Gasteiger charge is 2.27. The van der Waals surface area contributed by atoms with Crippen molar-refractivity contribution >= 4 is 21.8 Å². The highest BCUT2D eigenvalue weighted by molar-refractivity contribution is 7.89. The molecule has 0 spiro atoms. The van der Waals surface area contributed by atoms with Gasteiger partial charge in [0, 0.05) is 24.2 Å². The van der Waals surface area contributed by atoms with Gasteiger partial charge in [-0.25, -0.2) is 12.8 Å². The molecule has 1 aliphatic rings. The summed E-state index contributed by atoms with van der Waals surface area (Å²) in [4.78, 5) is 24.1. The predicted octanol–water partition coefficient (Wildman–Crippen LogP) is 1.68. The Morgan fingerprint density at radius 3 is 2.07 bits per heavy atom. The Morgan fingerprint density at radius 1 is 0.889 bits per heavy atom. The quantitative estimate of drug-likeness (QED) is 0.776. The molecule has 0 radical (unpaired) electrons. The molecule has 0 aliphatic carbocycles. The molecule has 1 aliphatic heterocycles. The molecule has 0 atom stereocenters. The van der Waals surface area contributed by atoms with Crippen LogP contribution in [0.3, 0.4) is 0 Å². The van der Waals surface area contributed by atoms with Gasteiger partial charge in [-0.2, -0.15) is 4.31 Å². The van der Waals surface area contributed by atoms with Gasteiger partial charge in [0.1, 0.15) is 5.82 Å². The lowest BCUT2D eigenvalue weighted by atomic mass is 10.2. The van der Waals surface area contributed by atoms with E-state index in [1.807, 2.05) is 0 Å². The Labute approximate surface area is 156 Å². The first kappa shape index (κ1) is 19.0. The Bertz CT molecular complexity index is 955. The Kier molecular flexibility index (Phi) is 5.52. The van der Waals surface area contributed by atoms with Gasteiger partial charge in [-0.1, -0.05) is 6.07 Å². The van der Waals surface area contributed by atoms with E-state index >= 15 is 0 Å². The van der Waals surface area contributed by atoms with Crippen molar-refractivity contribution in [2.24, 2.45) is 0 Å². The van der Waals surface area contributed by atoms with Crippen LogP contribution in [0.5, 0.6) is 0 Å². The molecule has 2 aromatic rings. The van der Waals surface area contributed by atoms with Crippen LogP contribution in [0.4, 0.5) is 4.39 Å². The van der Waals surface area contributed by atoms with Crippen molar-refractivity contribution in [2.75, 3.05) is 13.1 Å². The summed E-state index contributed by atoms with van der Waals surface area (Å²) < 4.78 is 39.4. The summed E-state index contributed by atoms with van der Waals surface area (Å²) in [5, 5.41) is 0. The summed E-state index contributed by atoms with van der Waals surface area (Å²) in [6.07, 6.45) is 1.68.